The predicted molar refractivity (Wildman–Crippen MR) is 84.6 cm³/mol. The van der Waals surface area contributed by atoms with Crippen LogP contribution < -0.4 is 4.90 Å². The molecule has 2 rings (SSSR count). The number of aryl methyl sites for hydroxylation is 2. The highest BCUT2D eigenvalue weighted by Gasteiger charge is 2.06. The van der Waals surface area contributed by atoms with Gasteiger partial charge < -0.3 is 4.90 Å². The molecule has 0 aliphatic heterocycles. The van der Waals surface area contributed by atoms with Gasteiger partial charge >= 0.3 is 0 Å². The Bertz CT molecular complexity index is 546. The van der Waals surface area contributed by atoms with E-state index in [4.69, 9.17) is 11.6 Å². The first kappa shape index (κ1) is 14.0. The molecule has 0 aliphatic carbocycles. The standard InChI is InChI=1S/C17H20ClN/c1-4-14-5-8-16(9-6-14)19(3)17-10-7-15(12-18)13(2)11-17/h5-11H,4,12H2,1-3H3. The van der Waals surface area contributed by atoms with Gasteiger partial charge in [0.25, 0.3) is 0 Å². The number of nitrogens with zero attached hydrogens (tertiary/aromatic N) is 1. The fourth-order valence-corrected chi connectivity index (χ4v) is 2.44. The molecule has 0 saturated heterocycles. The topological polar surface area (TPSA) is 3.24 Å². The van der Waals surface area contributed by atoms with Gasteiger partial charge in [0.2, 0.25) is 0 Å². The molecule has 0 N–H and O–H groups in total. The van der Waals surface area contributed by atoms with E-state index in [0.717, 1.165) is 6.42 Å². The Morgan fingerprint density at radius 1 is 1.00 bits per heavy atom. The molecule has 2 heteroatoms. The summed E-state index contributed by atoms with van der Waals surface area (Å²) in [6, 6.07) is 15.1. The summed E-state index contributed by atoms with van der Waals surface area (Å²) in [6.07, 6.45) is 1.08. The van der Waals surface area contributed by atoms with Crippen molar-refractivity contribution in [1.82, 2.24) is 0 Å². The van der Waals surface area contributed by atoms with Gasteiger partial charge in [-0.15, -0.1) is 11.6 Å². The number of halogens is 1. The summed E-state index contributed by atoms with van der Waals surface area (Å²) in [5, 5.41) is 0. The van der Waals surface area contributed by atoms with Crippen LogP contribution >= 0.6 is 11.6 Å². The zero-order chi connectivity index (χ0) is 13.8. The van der Waals surface area contributed by atoms with Crippen LogP contribution in [-0.4, -0.2) is 7.05 Å². The molecule has 0 aromatic heterocycles. The Hall–Kier alpha value is -1.47. The highest BCUT2D eigenvalue weighted by Crippen LogP contribution is 2.26. The van der Waals surface area contributed by atoms with Crippen molar-refractivity contribution in [3.8, 4) is 0 Å². The van der Waals surface area contributed by atoms with Crippen LogP contribution in [0, 0.1) is 6.92 Å². The highest BCUT2D eigenvalue weighted by atomic mass is 35.5. The maximum Gasteiger partial charge on any atom is 0.0476 e. The van der Waals surface area contributed by atoms with Gasteiger partial charge in [0.15, 0.2) is 0 Å². The zero-order valence-electron chi connectivity index (χ0n) is 11.8. The van der Waals surface area contributed by atoms with Gasteiger partial charge in [-0.3, -0.25) is 0 Å². The van der Waals surface area contributed by atoms with Crippen molar-refractivity contribution in [3.63, 3.8) is 0 Å². The molecule has 2 aromatic carbocycles. The van der Waals surface area contributed by atoms with E-state index < -0.39 is 0 Å². The van der Waals surface area contributed by atoms with E-state index in [0.29, 0.717) is 5.88 Å². The number of rotatable bonds is 4. The zero-order valence-corrected chi connectivity index (χ0v) is 12.5. The van der Waals surface area contributed by atoms with E-state index in [-0.39, 0.29) is 0 Å². The van der Waals surface area contributed by atoms with E-state index in [1.807, 2.05) is 0 Å². The average Bonchev–Trinajstić information content (AvgIpc) is 2.46. The first-order chi connectivity index (χ1) is 9.15. The van der Waals surface area contributed by atoms with Gasteiger partial charge in [0.05, 0.1) is 0 Å². The lowest BCUT2D eigenvalue weighted by Crippen LogP contribution is -2.09. The lowest BCUT2D eigenvalue weighted by molar-refractivity contribution is 1.13. The van der Waals surface area contributed by atoms with E-state index in [1.54, 1.807) is 0 Å². The summed E-state index contributed by atoms with van der Waals surface area (Å²) in [4.78, 5) is 2.20. The summed E-state index contributed by atoms with van der Waals surface area (Å²) >= 11 is 5.90. The third-order valence-electron chi connectivity index (χ3n) is 3.59. The molecular formula is C17H20ClN. The van der Waals surface area contributed by atoms with Gasteiger partial charge in [-0.2, -0.15) is 0 Å². The number of hydrogen-bond donors (Lipinski definition) is 0. The number of alkyl halides is 1. The van der Waals surface area contributed by atoms with Crippen LogP contribution in [0.1, 0.15) is 23.6 Å². The van der Waals surface area contributed by atoms with Crippen LogP contribution in [0.2, 0.25) is 0 Å². The quantitative estimate of drug-likeness (QED) is 0.704. The second-order valence-electron chi connectivity index (χ2n) is 4.82. The lowest BCUT2D eigenvalue weighted by atomic mass is 10.1. The van der Waals surface area contributed by atoms with Crippen LogP contribution in [0.25, 0.3) is 0 Å². The lowest BCUT2D eigenvalue weighted by Gasteiger charge is -2.21. The van der Waals surface area contributed by atoms with Gasteiger partial charge in [-0.1, -0.05) is 25.1 Å². The Morgan fingerprint density at radius 3 is 2.16 bits per heavy atom. The molecule has 0 fully saturated rings. The molecule has 100 valence electrons. The minimum absolute atomic E-state index is 0.570. The van der Waals surface area contributed by atoms with Crippen molar-refractivity contribution in [3.05, 3.63) is 59.2 Å². The van der Waals surface area contributed by atoms with Gasteiger partial charge in [0, 0.05) is 24.3 Å². The minimum Gasteiger partial charge on any atom is -0.345 e. The average molecular weight is 274 g/mol. The minimum atomic E-state index is 0.570. The molecule has 0 heterocycles. The smallest absolute Gasteiger partial charge is 0.0476 e. The van der Waals surface area contributed by atoms with Gasteiger partial charge in [-0.05, 0) is 54.3 Å². The third kappa shape index (κ3) is 3.10. The molecule has 0 aliphatic rings. The largest absolute Gasteiger partial charge is 0.345 e. The fourth-order valence-electron chi connectivity index (χ4n) is 2.14. The van der Waals surface area contributed by atoms with Crippen molar-refractivity contribution in [1.29, 1.82) is 0 Å². The van der Waals surface area contributed by atoms with Crippen molar-refractivity contribution < 1.29 is 0 Å². The summed E-state index contributed by atoms with van der Waals surface area (Å²) in [7, 11) is 2.09. The number of hydrogen-bond acceptors (Lipinski definition) is 1. The molecule has 0 saturated carbocycles. The van der Waals surface area contributed by atoms with Crippen molar-refractivity contribution in [2.75, 3.05) is 11.9 Å². The van der Waals surface area contributed by atoms with E-state index in [1.165, 1.54) is 28.1 Å². The molecule has 0 unspecified atom stereocenters. The van der Waals surface area contributed by atoms with Crippen LogP contribution in [-0.2, 0) is 12.3 Å². The maximum absolute atomic E-state index is 5.90. The molecule has 2 aromatic rings. The normalized spacial score (nSPS) is 10.5. The van der Waals surface area contributed by atoms with E-state index in [2.05, 4.69) is 68.3 Å². The van der Waals surface area contributed by atoms with Crippen LogP contribution in [0.15, 0.2) is 42.5 Å². The molecule has 0 amide bonds. The highest BCUT2D eigenvalue weighted by molar-refractivity contribution is 6.17. The van der Waals surface area contributed by atoms with E-state index >= 15 is 0 Å². The summed E-state index contributed by atoms with van der Waals surface area (Å²) < 4.78 is 0. The predicted octanol–water partition coefficient (Wildman–Crippen LogP) is 5.06. The molecular weight excluding hydrogens is 254 g/mol. The Labute approximate surface area is 120 Å². The first-order valence-electron chi connectivity index (χ1n) is 6.64. The SMILES string of the molecule is CCc1ccc(N(C)c2ccc(CCl)c(C)c2)cc1. The van der Waals surface area contributed by atoms with Crippen molar-refractivity contribution in [2.24, 2.45) is 0 Å². The third-order valence-corrected chi connectivity index (χ3v) is 3.88. The van der Waals surface area contributed by atoms with Crippen LogP contribution in [0.5, 0.6) is 0 Å². The molecule has 1 nitrogen and oxygen atoms in total. The Balaban J connectivity index is 2.27. The first-order valence-corrected chi connectivity index (χ1v) is 7.17. The molecule has 0 radical (unpaired) electrons. The van der Waals surface area contributed by atoms with Gasteiger partial charge in [0.1, 0.15) is 0 Å². The second kappa shape index (κ2) is 6.12. The summed E-state index contributed by atoms with van der Waals surface area (Å²) in [5.41, 5.74) is 6.20. The number of anilines is 2. The second-order valence-corrected chi connectivity index (χ2v) is 5.09. The van der Waals surface area contributed by atoms with E-state index in [9.17, 15) is 0 Å². The molecule has 0 atom stereocenters. The number of benzene rings is 2. The van der Waals surface area contributed by atoms with Crippen molar-refractivity contribution in [2.45, 2.75) is 26.1 Å². The van der Waals surface area contributed by atoms with Crippen molar-refractivity contribution >= 4 is 23.0 Å². The Morgan fingerprint density at radius 2 is 1.63 bits per heavy atom. The van der Waals surface area contributed by atoms with Crippen LogP contribution in [0.3, 0.4) is 0 Å². The summed E-state index contributed by atoms with van der Waals surface area (Å²) in [5.74, 6) is 0.570. The Kier molecular flexibility index (Phi) is 4.49. The maximum atomic E-state index is 5.90. The van der Waals surface area contributed by atoms with Gasteiger partial charge in [-0.25, -0.2) is 0 Å². The summed E-state index contributed by atoms with van der Waals surface area (Å²) in [6.45, 7) is 4.28. The molecule has 0 spiro atoms. The van der Waals surface area contributed by atoms with Crippen LogP contribution in [0.4, 0.5) is 11.4 Å². The molecule has 19 heavy (non-hydrogen) atoms. The molecule has 0 bridgehead atoms. The fraction of sp³-hybridized carbons (Fsp3) is 0.294. The monoisotopic (exact) mass is 273 g/mol.